The molecule has 0 aliphatic rings. The number of hydrogen-bond donors (Lipinski definition) is 1. The SMILES string of the molecule is Cc1ccc(Cl)cc1N(CCCC(=O)Nc1ccc2c(c1)oc1ccccc12)S(C)(=O)=O. The maximum atomic E-state index is 12.5. The Morgan fingerprint density at radius 1 is 1.03 bits per heavy atom. The monoisotopic (exact) mass is 470 g/mol. The second-order valence-corrected chi connectivity index (χ2v) is 10.1. The number of fused-ring (bicyclic) bond motifs is 3. The standard InChI is InChI=1S/C24H23ClN2O4S/c1-16-9-10-17(25)14-21(16)27(32(2,29)30)13-5-8-24(28)26-18-11-12-20-19-6-3-4-7-22(19)31-23(20)15-18/h3-4,6-7,9-12,14-15H,5,8,13H2,1-2H3,(H,26,28). The Morgan fingerprint density at radius 2 is 1.78 bits per heavy atom. The van der Waals surface area contributed by atoms with Crippen LogP contribution in [0.1, 0.15) is 18.4 Å². The molecule has 0 aliphatic carbocycles. The van der Waals surface area contributed by atoms with Gasteiger partial charge in [0.2, 0.25) is 15.9 Å². The first-order valence-electron chi connectivity index (χ1n) is 10.2. The van der Waals surface area contributed by atoms with E-state index in [-0.39, 0.29) is 18.9 Å². The van der Waals surface area contributed by atoms with Crippen molar-refractivity contribution in [2.45, 2.75) is 19.8 Å². The molecule has 4 rings (SSSR count). The minimum atomic E-state index is -3.52. The Bertz CT molecular complexity index is 1410. The molecule has 0 unspecified atom stereocenters. The van der Waals surface area contributed by atoms with E-state index in [0.717, 1.165) is 28.2 Å². The number of anilines is 2. The lowest BCUT2D eigenvalue weighted by Gasteiger charge is -2.24. The highest BCUT2D eigenvalue weighted by molar-refractivity contribution is 7.92. The number of aryl methyl sites for hydroxylation is 1. The number of carbonyl (C=O) groups is 1. The van der Waals surface area contributed by atoms with E-state index in [1.165, 1.54) is 4.31 Å². The Hall–Kier alpha value is -3.03. The predicted molar refractivity (Wildman–Crippen MR) is 130 cm³/mol. The number of amides is 1. The first-order valence-corrected chi connectivity index (χ1v) is 12.4. The molecule has 1 amide bonds. The maximum Gasteiger partial charge on any atom is 0.232 e. The molecule has 0 spiro atoms. The van der Waals surface area contributed by atoms with Crippen molar-refractivity contribution in [1.82, 2.24) is 0 Å². The molecule has 0 saturated carbocycles. The van der Waals surface area contributed by atoms with Gasteiger partial charge in [-0.1, -0.05) is 35.9 Å². The van der Waals surface area contributed by atoms with Crippen molar-refractivity contribution in [3.63, 3.8) is 0 Å². The van der Waals surface area contributed by atoms with Crippen LogP contribution in [0, 0.1) is 6.92 Å². The van der Waals surface area contributed by atoms with Crippen LogP contribution in [0.5, 0.6) is 0 Å². The molecule has 0 atom stereocenters. The summed E-state index contributed by atoms with van der Waals surface area (Å²) in [5.74, 6) is -0.197. The van der Waals surface area contributed by atoms with Crippen LogP contribution in [0.25, 0.3) is 21.9 Å². The maximum absolute atomic E-state index is 12.5. The molecular formula is C24H23ClN2O4S. The van der Waals surface area contributed by atoms with E-state index in [2.05, 4.69) is 5.32 Å². The summed E-state index contributed by atoms with van der Waals surface area (Å²) in [4.78, 5) is 12.5. The summed E-state index contributed by atoms with van der Waals surface area (Å²) in [5, 5.41) is 5.33. The molecule has 1 aromatic heterocycles. The number of halogens is 1. The van der Waals surface area contributed by atoms with Gasteiger partial charge in [0.25, 0.3) is 0 Å². The van der Waals surface area contributed by atoms with E-state index in [9.17, 15) is 13.2 Å². The zero-order valence-electron chi connectivity index (χ0n) is 17.8. The largest absolute Gasteiger partial charge is 0.456 e. The van der Waals surface area contributed by atoms with Crippen LogP contribution >= 0.6 is 11.6 Å². The molecule has 0 radical (unpaired) electrons. The minimum absolute atomic E-state index is 0.170. The van der Waals surface area contributed by atoms with Gasteiger partial charge in [-0.2, -0.15) is 0 Å². The Labute approximate surface area is 191 Å². The zero-order chi connectivity index (χ0) is 22.9. The first-order chi connectivity index (χ1) is 15.2. The van der Waals surface area contributed by atoms with Gasteiger partial charge in [0.15, 0.2) is 0 Å². The number of nitrogens with one attached hydrogen (secondary N) is 1. The van der Waals surface area contributed by atoms with E-state index in [0.29, 0.717) is 28.4 Å². The van der Waals surface area contributed by atoms with Crippen molar-refractivity contribution < 1.29 is 17.6 Å². The lowest BCUT2D eigenvalue weighted by atomic mass is 10.1. The van der Waals surface area contributed by atoms with Gasteiger partial charge in [0.05, 0.1) is 11.9 Å². The summed E-state index contributed by atoms with van der Waals surface area (Å²) < 4.78 is 31.8. The van der Waals surface area contributed by atoms with Crippen LogP contribution in [-0.2, 0) is 14.8 Å². The first kappa shape index (κ1) is 22.2. The van der Waals surface area contributed by atoms with Crippen molar-refractivity contribution in [3.8, 4) is 0 Å². The van der Waals surface area contributed by atoms with Gasteiger partial charge in [0.1, 0.15) is 11.2 Å². The lowest BCUT2D eigenvalue weighted by Crippen LogP contribution is -2.32. The number of rotatable bonds is 7. The molecule has 6 nitrogen and oxygen atoms in total. The van der Waals surface area contributed by atoms with Crippen LogP contribution in [0.15, 0.2) is 65.1 Å². The smallest absolute Gasteiger partial charge is 0.232 e. The number of carbonyl (C=O) groups excluding carboxylic acids is 1. The number of para-hydroxylation sites is 1. The summed E-state index contributed by atoms with van der Waals surface area (Å²) in [5.41, 5.74) is 3.44. The predicted octanol–water partition coefficient (Wildman–Crippen LogP) is 5.73. The normalized spacial score (nSPS) is 11.7. The van der Waals surface area contributed by atoms with Gasteiger partial charge < -0.3 is 9.73 Å². The van der Waals surface area contributed by atoms with E-state index in [1.807, 2.05) is 43.3 Å². The average molecular weight is 471 g/mol. The molecule has 166 valence electrons. The third-order valence-corrected chi connectivity index (χ3v) is 6.68. The Morgan fingerprint density at radius 3 is 2.56 bits per heavy atom. The molecule has 0 aliphatic heterocycles. The molecule has 1 heterocycles. The fourth-order valence-electron chi connectivity index (χ4n) is 3.73. The topological polar surface area (TPSA) is 79.6 Å². The quantitative estimate of drug-likeness (QED) is 0.374. The van der Waals surface area contributed by atoms with Crippen LogP contribution < -0.4 is 9.62 Å². The van der Waals surface area contributed by atoms with E-state index in [4.69, 9.17) is 16.0 Å². The van der Waals surface area contributed by atoms with E-state index < -0.39 is 10.0 Å². The molecule has 0 bridgehead atoms. The van der Waals surface area contributed by atoms with Gasteiger partial charge in [-0.3, -0.25) is 9.10 Å². The molecule has 8 heteroatoms. The highest BCUT2D eigenvalue weighted by Crippen LogP contribution is 2.30. The second-order valence-electron chi connectivity index (χ2n) is 7.73. The summed E-state index contributed by atoms with van der Waals surface area (Å²) in [6, 6.07) is 18.4. The number of furan rings is 1. The van der Waals surface area contributed by atoms with Crippen molar-refractivity contribution in [2.75, 3.05) is 22.4 Å². The zero-order valence-corrected chi connectivity index (χ0v) is 19.3. The van der Waals surface area contributed by atoms with Gasteiger partial charge in [-0.15, -0.1) is 0 Å². The molecule has 0 fully saturated rings. The van der Waals surface area contributed by atoms with Crippen LogP contribution in [0.3, 0.4) is 0 Å². The van der Waals surface area contributed by atoms with Crippen LogP contribution in [0.2, 0.25) is 5.02 Å². The summed E-state index contributed by atoms with van der Waals surface area (Å²) >= 11 is 6.06. The third-order valence-electron chi connectivity index (χ3n) is 5.27. The molecular weight excluding hydrogens is 448 g/mol. The summed E-state index contributed by atoms with van der Waals surface area (Å²) in [6.07, 6.45) is 1.68. The highest BCUT2D eigenvalue weighted by Gasteiger charge is 2.20. The molecule has 0 saturated heterocycles. The minimum Gasteiger partial charge on any atom is -0.456 e. The van der Waals surface area contributed by atoms with Gasteiger partial charge in [-0.05, 0) is 49.2 Å². The second kappa shape index (κ2) is 8.84. The molecule has 3 aromatic carbocycles. The number of nitrogens with zero attached hydrogens (tertiary/aromatic N) is 1. The Kier molecular flexibility index (Phi) is 6.13. The van der Waals surface area contributed by atoms with Crippen molar-refractivity contribution in [2.24, 2.45) is 0 Å². The fraction of sp³-hybridized carbons (Fsp3) is 0.208. The lowest BCUT2D eigenvalue weighted by molar-refractivity contribution is -0.116. The van der Waals surface area contributed by atoms with Crippen LogP contribution in [-0.4, -0.2) is 27.1 Å². The average Bonchev–Trinajstić information content (AvgIpc) is 3.10. The molecule has 1 N–H and O–H groups in total. The third kappa shape index (κ3) is 4.74. The van der Waals surface area contributed by atoms with Gasteiger partial charge in [0, 0.05) is 40.5 Å². The van der Waals surface area contributed by atoms with E-state index >= 15 is 0 Å². The van der Waals surface area contributed by atoms with Gasteiger partial charge >= 0.3 is 0 Å². The molecule has 4 aromatic rings. The Balaban J connectivity index is 1.42. The van der Waals surface area contributed by atoms with Gasteiger partial charge in [-0.25, -0.2) is 8.42 Å². The molecule has 32 heavy (non-hydrogen) atoms. The van der Waals surface area contributed by atoms with Crippen molar-refractivity contribution in [3.05, 3.63) is 71.2 Å². The number of hydrogen-bond acceptors (Lipinski definition) is 4. The van der Waals surface area contributed by atoms with Crippen molar-refractivity contribution >= 4 is 60.8 Å². The van der Waals surface area contributed by atoms with Crippen LogP contribution in [0.4, 0.5) is 11.4 Å². The highest BCUT2D eigenvalue weighted by atomic mass is 35.5. The summed E-state index contributed by atoms with van der Waals surface area (Å²) in [6.45, 7) is 2.00. The summed E-state index contributed by atoms with van der Waals surface area (Å²) in [7, 11) is -3.52. The number of sulfonamides is 1. The number of benzene rings is 3. The van der Waals surface area contributed by atoms with E-state index in [1.54, 1.807) is 24.3 Å². The van der Waals surface area contributed by atoms with Crippen molar-refractivity contribution in [1.29, 1.82) is 0 Å². The fourth-order valence-corrected chi connectivity index (χ4v) is 4.91.